The van der Waals surface area contributed by atoms with Gasteiger partial charge in [0.05, 0.1) is 15.6 Å². The Kier molecular flexibility index (Phi) is 5.36. The third kappa shape index (κ3) is 3.69. The maximum Gasteiger partial charge on any atom is 0.329 e. The molecule has 2 aliphatic rings. The largest absolute Gasteiger partial charge is 0.329 e. The molecule has 1 aromatic carbocycles. The molecule has 2 saturated carbocycles. The van der Waals surface area contributed by atoms with E-state index in [1.165, 1.54) is 11.3 Å². The summed E-state index contributed by atoms with van der Waals surface area (Å²) in [6, 6.07) is 7.39. The Morgan fingerprint density at radius 3 is 2.53 bits per heavy atom. The minimum absolute atomic E-state index is 0.0212. The van der Waals surface area contributed by atoms with E-state index in [4.69, 9.17) is 4.28 Å². The number of thiazole rings is 1. The number of fused-ring (bicyclic) bond motifs is 3. The van der Waals surface area contributed by atoms with Gasteiger partial charge < -0.3 is 0 Å². The van der Waals surface area contributed by atoms with Crippen molar-refractivity contribution in [3.63, 3.8) is 0 Å². The number of nitrogens with zero attached hydrogens (tertiary/aromatic N) is 2. The average molecular weight is 477 g/mol. The number of carbonyl (C=O) groups is 2. The monoisotopic (exact) mass is 476 g/mol. The summed E-state index contributed by atoms with van der Waals surface area (Å²) in [4.78, 5) is 30.3. The molecule has 0 N–H and O–H groups in total. The fraction of sp³-hybridized carbons (Fsp3) is 0.565. The second kappa shape index (κ2) is 7.45. The molecule has 2 aromatic rings. The Morgan fingerprint density at radius 1 is 1.28 bits per heavy atom. The first-order chi connectivity index (χ1) is 14.8. The number of ketones is 2. The van der Waals surface area contributed by atoms with Gasteiger partial charge in [0.1, 0.15) is 16.5 Å². The van der Waals surface area contributed by atoms with Gasteiger partial charge in [-0.15, -0.1) is 11.3 Å². The number of para-hydroxylation sites is 1. The lowest BCUT2D eigenvalue weighted by molar-refractivity contribution is -0.128. The van der Waals surface area contributed by atoms with Crippen LogP contribution in [0.25, 0.3) is 10.2 Å². The van der Waals surface area contributed by atoms with E-state index in [9.17, 15) is 18.0 Å². The summed E-state index contributed by atoms with van der Waals surface area (Å²) in [7, 11) is -4.21. The molecule has 1 heterocycles. The number of rotatable bonds is 6. The molecule has 0 saturated heterocycles. The van der Waals surface area contributed by atoms with Crippen molar-refractivity contribution in [2.75, 3.05) is 5.75 Å². The number of benzene rings is 1. The Balaban J connectivity index is 1.68. The summed E-state index contributed by atoms with van der Waals surface area (Å²) < 4.78 is 31.9. The van der Waals surface area contributed by atoms with Crippen molar-refractivity contribution in [2.24, 2.45) is 27.3 Å². The van der Waals surface area contributed by atoms with Crippen LogP contribution in [0.3, 0.4) is 0 Å². The third-order valence-electron chi connectivity index (χ3n) is 7.20. The maximum atomic E-state index is 13.1. The van der Waals surface area contributed by atoms with Crippen LogP contribution in [0.15, 0.2) is 29.4 Å². The van der Waals surface area contributed by atoms with Crippen LogP contribution in [0.4, 0.5) is 0 Å². The second-order valence-corrected chi connectivity index (χ2v) is 13.0. The molecule has 172 valence electrons. The highest BCUT2D eigenvalue weighted by Gasteiger charge is 2.65. The topological polar surface area (TPSA) is 103 Å². The molecule has 2 unspecified atom stereocenters. The van der Waals surface area contributed by atoms with Crippen molar-refractivity contribution in [1.29, 1.82) is 0 Å². The van der Waals surface area contributed by atoms with Crippen LogP contribution in [-0.4, -0.2) is 36.4 Å². The average Bonchev–Trinajstić information content (AvgIpc) is 3.26. The van der Waals surface area contributed by atoms with Crippen molar-refractivity contribution < 1.29 is 22.3 Å². The molecule has 0 spiro atoms. The van der Waals surface area contributed by atoms with Crippen molar-refractivity contribution in [3.8, 4) is 0 Å². The molecule has 4 rings (SSSR count). The first kappa shape index (κ1) is 23.0. The van der Waals surface area contributed by atoms with E-state index in [0.29, 0.717) is 23.4 Å². The fourth-order valence-electron chi connectivity index (χ4n) is 5.04. The maximum absolute atomic E-state index is 13.1. The lowest BCUT2D eigenvalue weighted by Crippen LogP contribution is -2.42. The van der Waals surface area contributed by atoms with Crippen molar-refractivity contribution in [2.45, 2.75) is 53.9 Å². The van der Waals surface area contributed by atoms with Crippen LogP contribution in [0.1, 0.15) is 58.9 Å². The molecular weight excluding hydrogens is 448 g/mol. The molecule has 0 amide bonds. The lowest BCUT2D eigenvalue weighted by Gasteiger charge is -2.35. The summed E-state index contributed by atoms with van der Waals surface area (Å²) in [6.45, 7) is 9.10. The third-order valence-corrected chi connectivity index (χ3v) is 9.39. The van der Waals surface area contributed by atoms with Gasteiger partial charge in [-0.3, -0.25) is 13.9 Å². The Morgan fingerprint density at radius 2 is 1.97 bits per heavy atom. The molecule has 2 fully saturated rings. The first-order valence-electron chi connectivity index (χ1n) is 10.7. The highest BCUT2D eigenvalue weighted by atomic mass is 32.2. The van der Waals surface area contributed by atoms with Gasteiger partial charge in [-0.05, 0) is 36.3 Å². The zero-order chi connectivity index (χ0) is 23.5. The molecule has 2 bridgehead atoms. The van der Waals surface area contributed by atoms with Gasteiger partial charge in [-0.1, -0.05) is 51.9 Å². The Bertz CT molecular complexity index is 1200. The minimum atomic E-state index is -4.21. The highest BCUT2D eigenvalue weighted by molar-refractivity contribution is 7.86. The Labute approximate surface area is 192 Å². The minimum Gasteiger partial charge on any atom is -0.299 e. The van der Waals surface area contributed by atoms with Gasteiger partial charge in [0, 0.05) is 11.8 Å². The van der Waals surface area contributed by atoms with Crippen LogP contribution in [0.5, 0.6) is 0 Å². The summed E-state index contributed by atoms with van der Waals surface area (Å²) in [5, 5.41) is 4.14. The number of hydrogen-bond acceptors (Lipinski definition) is 8. The van der Waals surface area contributed by atoms with Gasteiger partial charge in [0.2, 0.25) is 0 Å². The number of hydrogen-bond donors (Lipinski definition) is 0. The molecular formula is C23H28N2O5S2. The van der Waals surface area contributed by atoms with Crippen LogP contribution in [0, 0.1) is 22.2 Å². The fourth-order valence-corrected chi connectivity index (χ4v) is 7.50. The van der Waals surface area contributed by atoms with Crippen LogP contribution < -0.4 is 0 Å². The zero-order valence-electron chi connectivity index (χ0n) is 19.0. The molecule has 32 heavy (non-hydrogen) atoms. The second-order valence-electron chi connectivity index (χ2n) is 10.4. The van der Waals surface area contributed by atoms with E-state index in [2.05, 4.69) is 10.1 Å². The number of Topliss-reactive ketones (excluding diaryl/α,β-unsaturated/α-hetero) is 2. The molecule has 2 atom stereocenters. The lowest BCUT2D eigenvalue weighted by atomic mass is 9.70. The normalized spacial score (nSPS) is 25.5. The van der Waals surface area contributed by atoms with Gasteiger partial charge in [0.25, 0.3) is 0 Å². The standard InChI is InChI=1S/C23H28N2O5S2/c1-21(2,3)19(27)18(20-24-15-8-6-7-9-16(15)31-20)25-30-32(28,29)13-23-11-10-14(12-17(23)26)22(23,4)5/h6-9,14H,10-13H2,1-5H3/b25-18+. The van der Waals surface area contributed by atoms with Crippen LogP contribution in [0.2, 0.25) is 0 Å². The van der Waals surface area contributed by atoms with Gasteiger partial charge in [0.15, 0.2) is 11.5 Å². The summed E-state index contributed by atoms with van der Waals surface area (Å²) in [5.41, 5.74) is -1.62. The van der Waals surface area contributed by atoms with Gasteiger partial charge in [-0.2, -0.15) is 8.42 Å². The first-order valence-corrected chi connectivity index (χ1v) is 13.1. The van der Waals surface area contributed by atoms with Crippen LogP contribution >= 0.6 is 11.3 Å². The zero-order valence-corrected chi connectivity index (χ0v) is 20.6. The number of carbonyl (C=O) groups excluding carboxylic acids is 2. The summed E-state index contributed by atoms with van der Waals surface area (Å²) in [5.74, 6) is -0.632. The molecule has 1 aromatic heterocycles. The van der Waals surface area contributed by atoms with Crippen molar-refractivity contribution >= 4 is 48.9 Å². The quantitative estimate of drug-likeness (QED) is 0.453. The predicted molar refractivity (Wildman–Crippen MR) is 124 cm³/mol. The molecule has 2 aliphatic carbocycles. The van der Waals surface area contributed by atoms with Gasteiger partial charge >= 0.3 is 10.1 Å². The van der Waals surface area contributed by atoms with E-state index in [0.717, 1.165) is 11.1 Å². The number of oxime groups is 1. The molecule has 0 aliphatic heterocycles. The van der Waals surface area contributed by atoms with E-state index in [1.54, 1.807) is 20.8 Å². The molecule has 9 heteroatoms. The Hall–Kier alpha value is -2.13. The molecule has 7 nitrogen and oxygen atoms in total. The predicted octanol–water partition coefficient (Wildman–Crippen LogP) is 4.36. The van der Waals surface area contributed by atoms with Crippen LogP contribution in [-0.2, 0) is 24.0 Å². The molecule has 0 radical (unpaired) electrons. The van der Waals surface area contributed by atoms with E-state index in [-0.39, 0.29) is 23.2 Å². The summed E-state index contributed by atoms with van der Waals surface area (Å²) >= 11 is 1.25. The van der Waals surface area contributed by atoms with E-state index < -0.39 is 32.1 Å². The van der Waals surface area contributed by atoms with E-state index in [1.807, 2.05) is 38.1 Å². The van der Waals surface area contributed by atoms with Crippen molar-refractivity contribution in [3.05, 3.63) is 29.3 Å². The summed E-state index contributed by atoms with van der Waals surface area (Å²) in [6.07, 6.45) is 1.77. The smallest absolute Gasteiger partial charge is 0.299 e. The number of aromatic nitrogens is 1. The van der Waals surface area contributed by atoms with Crippen molar-refractivity contribution in [1.82, 2.24) is 4.98 Å². The SMILES string of the molecule is CC(C)(C)C(=O)/C(=N\OS(=O)(=O)CC12CCC(CC1=O)C2(C)C)c1nc2ccccc2s1. The van der Waals surface area contributed by atoms with Gasteiger partial charge in [-0.25, -0.2) is 4.98 Å². The van der Waals surface area contributed by atoms with E-state index >= 15 is 0 Å². The highest BCUT2D eigenvalue weighted by Crippen LogP contribution is 2.64.